The number of oxime groups is 1. The van der Waals surface area contributed by atoms with E-state index < -0.39 is 0 Å². The fourth-order valence-electron chi connectivity index (χ4n) is 1.79. The van der Waals surface area contributed by atoms with E-state index in [1.807, 2.05) is 0 Å². The number of nitrogens with two attached hydrogens (primary N) is 1. The maximum Gasteiger partial charge on any atom is 0.140 e. The van der Waals surface area contributed by atoms with Crippen molar-refractivity contribution in [1.29, 1.82) is 0 Å². The number of aliphatic hydroxyl groups excluding tert-OH is 1. The lowest BCUT2D eigenvalue weighted by atomic mass is 9.92. The summed E-state index contributed by atoms with van der Waals surface area (Å²) in [5.41, 5.74) is 5.32. The average molecular weight is 201 g/mol. The monoisotopic (exact) mass is 201 g/mol. The highest BCUT2D eigenvalue weighted by Gasteiger charge is 2.21. The van der Waals surface area contributed by atoms with Gasteiger partial charge in [0.05, 0.1) is 6.10 Å². The Morgan fingerprint density at radius 1 is 1.43 bits per heavy atom. The molecule has 0 bridgehead atoms. The summed E-state index contributed by atoms with van der Waals surface area (Å²) < 4.78 is 0. The van der Waals surface area contributed by atoms with E-state index in [4.69, 9.17) is 10.9 Å². The zero-order chi connectivity index (χ0) is 10.4. The first kappa shape index (κ1) is 11.3. The minimum absolute atomic E-state index is 0.176. The smallest absolute Gasteiger partial charge is 0.140 e. The number of amidine groups is 1. The molecule has 0 amide bonds. The summed E-state index contributed by atoms with van der Waals surface area (Å²) in [7, 11) is 0. The van der Waals surface area contributed by atoms with Gasteiger partial charge in [-0.2, -0.15) is 0 Å². The number of rotatable bonds is 4. The summed E-state index contributed by atoms with van der Waals surface area (Å²) in [5, 5.41) is 24.0. The van der Waals surface area contributed by atoms with Gasteiger partial charge in [0.1, 0.15) is 5.84 Å². The average Bonchev–Trinajstić information content (AvgIpc) is 2.20. The van der Waals surface area contributed by atoms with Crippen LogP contribution < -0.4 is 11.1 Å². The van der Waals surface area contributed by atoms with Crippen molar-refractivity contribution < 1.29 is 10.3 Å². The Morgan fingerprint density at radius 2 is 2.14 bits per heavy atom. The molecular weight excluding hydrogens is 182 g/mol. The van der Waals surface area contributed by atoms with E-state index >= 15 is 0 Å². The van der Waals surface area contributed by atoms with E-state index in [0.29, 0.717) is 13.0 Å². The van der Waals surface area contributed by atoms with E-state index in [1.54, 1.807) is 0 Å². The molecule has 1 aliphatic carbocycles. The van der Waals surface area contributed by atoms with Crippen LogP contribution in [0.1, 0.15) is 32.1 Å². The molecule has 0 aromatic carbocycles. The van der Waals surface area contributed by atoms with Crippen molar-refractivity contribution in [3.8, 4) is 0 Å². The Hall–Kier alpha value is -0.810. The lowest BCUT2D eigenvalue weighted by Gasteiger charge is -2.28. The van der Waals surface area contributed by atoms with Crippen LogP contribution in [-0.4, -0.2) is 34.8 Å². The predicted octanol–water partition coefficient (Wildman–Crippen LogP) is 0.0160. The van der Waals surface area contributed by atoms with Gasteiger partial charge in [-0.15, -0.1) is 0 Å². The van der Waals surface area contributed by atoms with Crippen LogP contribution in [-0.2, 0) is 0 Å². The molecule has 5 N–H and O–H groups in total. The lowest BCUT2D eigenvalue weighted by Crippen LogP contribution is -2.43. The molecule has 5 nitrogen and oxygen atoms in total. The van der Waals surface area contributed by atoms with Crippen LogP contribution in [0, 0.1) is 0 Å². The predicted molar refractivity (Wildman–Crippen MR) is 54.3 cm³/mol. The van der Waals surface area contributed by atoms with Gasteiger partial charge in [0.15, 0.2) is 0 Å². The van der Waals surface area contributed by atoms with Gasteiger partial charge >= 0.3 is 0 Å². The highest BCUT2D eigenvalue weighted by atomic mass is 16.4. The van der Waals surface area contributed by atoms with Gasteiger partial charge in [0, 0.05) is 19.0 Å². The van der Waals surface area contributed by atoms with Crippen LogP contribution in [0.3, 0.4) is 0 Å². The maximum absolute atomic E-state index is 9.62. The number of hydrogen-bond acceptors (Lipinski definition) is 4. The van der Waals surface area contributed by atoms with Crippen LogP contribution in [0.4, 0.5) is 0 Å². The molecule has 1 rings (SSSR count). The quantitative estimate of drug-likeness (QED) is 0.223. The molecule has 5 heteroatoms. The van der Waals surface area contributed by atoms with E-state index in [9.17, 15) is 5.11 Å². The van der Waals surface area contributed by atoms with Gasteiger partial charge in [-0.25, -0.2) is 0 Å². The van der Waals surface area contributed by atoms with Crippen molar-refractivity contribution in [2.45, 2.75) is 44.2 Å². The van der Waals surface area contributed by atoms with E-state index in [1.165, 1.54) is 0 Å². The summed E-state index contributed by atoms with van der Waals surface area (Å²) in [6.07, 6.45) is 4.44. The standard InChI is InChI=1S/C9H19N3O2/c10-9(12-14)5-6-11-7-3-1-2-4-8(7)13/h7-8,11,13-14H,1-6H2,(H2,10,12). The third-order valence-corrected chi connectivity index (χ3v) is 2.65. The first-order chi connectivity index (χ1) is 6.74. The van der Waals surface area contributed by atoms with E-state index in [2.05, 4.69) is 10.5 Å². The van der Waals surface area contributed by atoms with Crippen LogP contribution in [0.5, 0.6) is 0 Å². The lowest BCUT2D eigenvalue weighted by molar-refractivity contribution is 0.0916. The molecule has 1 fully saturated rings. The molecular formula is C9H19N3O2. The Morgan fingerprint density at radius 3 is 2.79 bits per heavy atom. The van der Waals surface area contributed by atoms with Gasteiger partial charge in [0.25, 0.3) is 0 Å². The van der Waals surface area contributed by atoms with Gasteiger partial charge in [-0.1, -0.05) is 18.0 Å². The van der Waals surface area contributed by atoms with Gasteiger partial charge in [-0.05, 0) is 12.8 Å². The fraction of sp³-hybridized carbons (Fsp3) is 0.889. The third-order valence-electron chi connectivity index (χ3n) is 2.65. The zero-order valence-corrected chi connectivity index (χ0v) is 8.32. The summed E-state index contributed by atoms with van der Waals surface area (Å²) in [6, 6.07) is 0.176. The molecule has 0 spiro atoms. The maximum atomic E-state index is 9.62. The second-order valence-corrected chi connectivity index (χ2v) is 3.75. The highest BCUT2D eigenvalue weighted by Crippen LogP contribution is 2.17. The van der Waals surface area contributed by atoms with Crippen molar-refractivity contribution in [3.05, 3.63) is 0 Å². The first-order valence-electron chi connectivity index (χ1n) is 5.12. The third kappa shape index (κ3) is 3.51. The van der Waals surface area contributed by atoms with Crippen molar-refractivity contribution in [3.63, 3.8) is 0 Å². The number of nitrogens with zero attached hydrogens (tertiary/aromatic N) is 1. The van der Waals surface area contributed by atoms with Gasteiger partial charge < -0.3 is 21.4 Å². The molecule has 0 aliphatic heterocycles. The molecule has 0 radical (unpaired) electrons. The summed E-state index contributed by atoms with van der Waals surface area (Å²) in [5.74, 6) is 0.225. The molecule has 0 aromatic heterocycles. The van der Waals surface area contributed by atoms with Crippen molar-refractivity contribution in [1.82, 2.24) is 5.32 Å². The number of nitrogens with one attached hydrogen (secondary N) is 1. The van der Waals surface area contributed by atoms with E-state index in [-0.39, 0.29) is 18.0 Å². The first-order valence-corrected chi connectivity index (χ1v) is 5.12. The topological polar surface area (TPSA) is 90.9 Å². The summed E-state index contributed by atoms with van der Waals surface area (Å²) >= 11 is 0. The second kappa shape index (κ2) is 5.82. The minimum atomic E-state index is -0.240. The normalized spacial score (nSPS) is 29.1. The molecule has 1 saturated carbocycles. The Kier molecular flexibility index (Phi) is 4.69. The number of aliphatic hydroxyl groups is 1. The second-order valence-electron chi connectivity index (χ2n) is 3.75. The summed E-state index contributed by atoms with van der Waals surface area (Å²) in [4.78, 5) is 0. The Balaban J connectivity index is 2.16. The summed E-state index contributed by atoms with van der Waals surface area (Å²) in [6.45, 7) is 0.650. The Bertz CT molecular complexity index is 196. The van der Waals surface area contributed by atoms with Crippen molar-refractivity contribution in [2.75, 3.05) is 6.54 Å². The molecule has 0 aromatic rings. The van der Waals surface area contributed by atoms with Gasteiger partial charge in [-0.3, -0.25) is 0 Å². The van der Waals surface area contributed by atoms with Crippen LogP contribution in [0.2, 0.25) is 0 Å². The molecule has 2 unspecified atom stereocenters. The highest BCUT2D eigenvalue weighted by molar-refractivity contribution is 5.79. The zero-order valence-electron chi connectivity index (χ0n) is 8.32. The van der Waals surface area contributed by atoms with Crippen molar-refractivity contribution >= 4 is 5.84 Å². The van der Waals surface area contributed by atoms with Crippen LogP contribution >= 0.6 is 0 Å². The van der Waals surface area contributed by atoms with Crippen LogP contribution in [0.25, 0.3) is 0 Å². The van der Waals surface area contributed by atoms with Crippen LogP contribution in [0.15, 0.2) is 5.16 Å². The van der Waals surface area contributed by atoms with E-state index in [0.717, 1.165) is 25.7 Å². The molecule has 14 heavy (non-hydrogen) atoms. The minimum Gasteiger partial charge on any atom is -0.409 e. The Labute approximate surface area is 84.0 Å². The number of hydrogen-bond donors (Lipinski definition) is 4. The van der Waals surface area contributed by atoms with Crippen molar-refractivity contribution in [2.24, 2.45) is 10.9 Å². The molecule has 1 aliphatic rings. The van der Waals surface area contributed by atoms with Gasteiger partial charge in [0.2, 0.25) is 0 Å². The largest absolute Gasteiger partial charge is 0.409 e. The molecule has 2 atom stereocenters. The fourth-order valence-corrected chi connectivity index (χ4v) is 1.79. The molecule has 0 saturated heterocycles. The molecule has 0 heterocycles. The molecule has 82 valence electrons. The SMILES string of the molecule is NC(CCNC1CCCCC1O)=NO.